The number of ketones is 1. The van der Waals surface area contributed by atoms with E-state index < -0.39 is 5.92 Å². The summed E-state index contributed by atoms with van der Waals surface area (Å²) in [5.74, 6) is -0.600. The Balaban J connectivity index is 0.939. The quantitative estimate of drug-likeness (QED) is 0.0229. The number of hydrogen-bond donors (Lipinski definition) is 3. The summed E-state index contributed by atoms with van der Waals surface area (Å²) in [6.45, 7) is 34.4. The summed E-state index contributed by atoms with van der Waals surface area (Å²) < 4.78 is 27.9. The van der Waals surface area contributed by atoms with Gasteiger partial charge in [-0.15, -0.1) is 0 Å². The molecule has 0 spiro atoms. The molecule has 6 rings (SSSR count). The van der Waals surface area contributed by atoms with E-state index in [1.807, 2.05) is 24.3 Å². The number of carbonyl (C=O) groups is 3. The third-order valence-electron chi connectivity index (χ3n) is 17.8. The second-order valence-corrected chi connectivity index (χ2v) is 26.7. The van der Waals surface area contributed by atoms with E-state index in [0.29, 0.717) is 97.4 Å². The van der Waals surface area contributed by atoms with Gasteiger partial charge in [-0.05, 0) is 168 Å². The van der Waals surface area contributed by atoms with E-state index in [-0.39, 0.29) is 51.7 Å². The number of Topliss-reactive ketones (excluding diaryl/α,β-unsaturated/α-hetero) is 1. The molecule has 2 atom stereocenters. The topological polar surface area (TPSA) is 133 Å². The smallest absolute Gasteiger partial charge is 0.223 e. The maximum atomic E-state index is 14.0. The fourth-order valence-electron chi connectivity index (χ4n) is 11.8. The highest BCUT2D eigenvalue weighted by atomic mass is 16.5. The Hall–Kier alpha value is -5.27. The maximum Gasteiger partial charge on any atom is 0.223 e. The van der Waals surface area contributed by atoms with Crippen LogP contribution in [0.15, 0.2) is 84.9 Å². The molecule has 0 aliphatic heterocycles. The molecule has 466 valence electrons. The van der Waals surface area contributed by atoms with Crippen molar-refractivity contribution in [3.63, 3.8) is 0 Å². The van der Waals surface area contributed by atoms with Crippen LogP contribution in [0, 0.1) is 5.92 Å². The lowest BCUT2D eigenvalue weighted by Gasteiger charge is -2.42. The molecular weight excluding hydrogens is 1060 g/mol. The average molecular weight is 1170 g/mol. The van der Waals surface area contributed by atoms with Crippen LogP contribution in [0.25, 0.3) is 23.3 Å². The molecule has 0 aromatic heterocycles. The first kappa shape index (κ1) is 68.8. The van der Waals surface area contributed by atoms with E-state index in [1.54, 1.807) is 0 Å². The highest BCUT2D eigenvalue weighted by Crippen LogP contribution is 2.48. The number of fused-ring (bicyclic) bond motifs is 2. The summed E-state index contributed by atoms with van der Waals surface area (Å²) in [6.07, 6.45) is 14.4. The predicted molar refractivity (Wildman–Crippen MR) is 350 cm³/mol. The SMILES string of the molecule is CCCOCCOCCC(=O)NCCCOCCOCCOCCCNC(=O)[C@@H](CCCCNC(C)c1ccc(/C=C(\C)c2ccc3c(c2)C(C)(C)CCC3(C)C)cc1)CC(=O)c1ccc(/C=C(\C)c2ccc3c(c2)C(C)(C)CCC3(C)C)cc1. The first-order chi connectivity index (χ1) is 40.6. The molecule has 11 nitrogen and oxygen atoms in total. The fourth-order valence-corrected chi connectivity index (χ4v) is 11.8. The number of ether oxygens (including phenoxy) is 5. The van der Waals surface area contributed by atoms with E-state index in [1.165, 1.54) is 81.3 Å². The van der Waals surface area contributed by atoms with E-state index in [9.17, 15) is 14.4 Å². The Morgan fingerprint density at radius 1 is 0.494 bits per heavy atom. The summed E-state index contributed by atoms with van der Waals surface area (Å²) in [5.41, 5.74) is 15.6. The lowest BCUT2D eigenvalue weighted by atomic mass is 9.63. The molecule has 0 saturated carbocycles. The summed E-state index contributed by atoms with van der Waals surface area (Å²) in [5, 5.41) is 9.72. The number of carbonyl (C=O) groups excluding carboxylic acids is 3. The average Bonchev–Trinajstić information content (AvgIpc) is 3.61. The van der Waals surface area contributed by atoms with Gasteiger partial charge in [-0.1, -0.05) is 166 Å². The molecule has 0 fully saturated rings. The molecule has 11 heteroatoms. The molecule has 0 radical (unpaired) electrons. The highest BCUT2D eigenvalue weighted by molar-refractivity contribution is 5.99. The predicted octanol–water partition coefficient (Wildman–Crippen LogP) is 15.1. The zero-order valence-corrected chi connectivity index (χ0v) is 54.3. The normalized spacial score (nSPS) is 16.7. The molecule has 1 unspecified atom stereocenters. The molecule has 3 N–H and O–H groups in total. The van der Waals surface area contributed by atoms with Gasteiger partial charge < -0.3 is 39.6 Å². The van der Waals surface area contributed by atoms with Crippen LogP contribution in [-0.4, -0.2) is 103 Å². The van der Waals surface area contributed by atoms with Crippen LogP contribution >= 0.6 is 0 Å². The summed E-state index contributed by atoms with van der Waals surface area (Å²) in [6, 6.07) is 31.0. The third-order valence-corrected chi connectivity index (χ3v) is 17.8. The van der Waals surface area contributed by atoms with Crippen LogP contribution in [-0.2, 0) is 54.9 Å². The summed E-state index contributed by atoms with van der Waals surface area (Å²) in [4.78, 5) is 39.8. The zero-order chi connectivity index (χ0) is 61.5. The van der Waals surface area contributed by atoms with E-state index in [4.69, 9.17) is 23.7 Å². The van der Waals surface area contributed by atoms with Gasteiger partial charge in [-0.2, -0.15) is 0 Å². The first-order valence-electron chi connectivity index (χ1n) is 32.2. The second-order valence-electron chi connectivity index (χ2n) is 26.7. The van der Waals surface area contributed by atoms with Gasteiger partial charge in [0, 0.05) is 63.3 Å². The van der Waals surface area contributed by atoms with Gasteiger partial charge in [-0.3, -0.25) is 14.4 Å². The number of hydrogen-bond acceptors (Lipinski definition) is 9. The van der Waals surface area contributed by atoms with Crippen molar-refractivity contribution < 1.29 is 38.1 Å². The van der Waals surface area contributed by atoms with E-state index >= 15 is 0 Å². The van der Waals surface area contributed by atoms with Gasteiger partial charge in [0.2, 0.25) is 11.8 Å². The third kappa shape index (κ3) is 21.8. The van der Waals surface area contributed by atoms with Crippen molar-refractivity contribution >= 4 is 40.9 Å². The van der Waals surface area contributed by atoms with Crippen molar-refractivity contribution in [1.82, 2.24) is 16.0 Å². The van der Waals surface area contributed by atoms with Crippen molar-refractivity contribution in [3.05, 3.63) is 141 Å². The summed E-state index contributed by atoms with van der Waals surface area (Å²) >= 11 is 0. The number of benzene rings is 4. The number of rotatable bonds is 37. The molecule has 2 aliphatic carbocycles. The second kappa shape index (κ2) is 33.7. The number of amides is 2. The fraction of sp³-hybridized carbons (Fsp3) is 0.581. The molecule has 0 heterocycles. The minimum absolute atomic E-state index is 0.0258. The molecule has 2 amide bonds. The van der Waals surface area contributed by atoms with Gasteiger partial charge in [0.1, 0.15) is 0 Å². The largest absolute Gasteiger partial charge is 0.379 e. The van der Waals surface area contributed by atoms with Crippen LogP contribution < -0.4 is 16.0 Å². The van der Waals surface area contributed by atoms with Crippen LogP contribution in [0.1, 0.15) is 227 Å². The highest BCUT2D eigenvalue weighted by Gasteiger charge is 2.38. The first-order valence-corrected chi connectivity index (χ1v) is 32.2. The minimum Gasteiger partial charge on any atom is -0.379 e. The number of allylic oxidation sites excluding steroid dienone is 2. The van der Waals surface area contributed by atoms with Crippen LogP contribution in [0.4, 0.5) is 0 Å². The Labute approximate surface area is 512 Å². The van der Waals surface area contributed by atoms with E-state index in [2.05, 4.69) is 172 Å². The van der Waals surface area contributed by atoms with Gasteiger partial charge in [0.25, 0.3) is 0 Å². The number of unbranched alkanes of at least 4 members (excludes halogenated alkanes) is 1. The van der Waals surface area contributed by atoms with Crippen molar-refractivity contribution in [2.45, 2.75) is 188 Å². The van der Waals surface area contributed by atoms with Gasteiger partial charge in [-0.25, -0.2) is 0 Å². The Kier molecular flexibility index (Phi) is 27.3. The Bertz CT molecular complexity index is 2790. The van der Waals surface area contributed by atoms with Gasteiger partial charge >= 0.3 is 0 Å². The lowest BCUT2D eigenvalue weighted by molar-refractivity contribution is -0.125. The Morgan fingerprint density at radius 2 is 0.929 bits per heavy atom. The molecule has 0 saturated heterocycles. The van der Waals surface area contributed by atoms with Crippen LogP contribution in [0.2, 0.25) is 0 Å². The molecule has 4 aromatic rings. The molecule has 2 aliphatic rings. The molecule has 0 bridgehead atoms. The van der Waals surface area contributed by atoms with Crippen molar-refractivity contribution in [2.75, 3.05) is 85.7 Å². The van der Waals surface area contributed by atoms with E-state index in [0.717, 1.165) is 44.4 Å². The monoisotopic (exact) mass is 1170 g/mol. The molecule has 4 aromatic carbocycles. The van der Waals surface area contributed by atoms with Crippen LogP contribution in [0.5, 0.6) is 0 Å². The van der Waals surface area contributed by atoms with Crippen LogP contribution in [0.3, 0.4) is 0 Å². The zero-order valence-electron chi connectivity index (χ0n) is 54.3. The van der Waals surface area contributed by atoms with Crippen molar-refractivity contribution in [2.24, 2.45) is 5.92 Å². The van der Waals surface area contributed by atoms with Gasteiger partial charge in [0.15, 0.2) is 5.78 Å². The van der Waals surface area contributed by atoms with Crippen molar-refractivity contribution in [3.8, 4) is 0 Å². The number of nitrogens with one attached hydrogen (secondary N) is 3. The van der Waals surface area contributed by atoms with Gasteiger partial charge in [0.05, 0.1) is 46.2 Å². The lowest BCUT2D eigenvalue weighted by Crippen LogP contribution is -2.33. The Morgan fingerprint density at radius 3 is 1.44 bits per heavy atom. The standard InChI is InChI=1S/C74H107N3O8/c1-13-39-81-43-46-84-42-31-69(79)76-37-16-40-82-44-47-85-48-45-83-41-17-38-77-70(80)63(53-68(78)60-25-21-58(22-26-60)50-55(3)62-28-30-65-67(52-62)74(11,12)35-33-72(65,7)8)18-14-15-36-75-56(4)59-23-19-57(20-24-59)49-54(2)61-27-29-64-66(51-61)73(9,10)34-32-71(64,5)6/h19-30,49-52,56,63,75H,13-18,31-48,53H2,1-12H3,(H,76,79)(H,77,80)/b54-49+,55-50+/t56?,63-/m0/s1. The maximum absolute atomic E-state index is 14.0. The molecular formula is C74H107N3O8. The van der Waals surface area contributed by atoms with Crippen molar-refractivity contribution in [1.29, 1.82) is 0 Å². The molecule has 85 heavy (non-hydrogen) atoms. The minimum atomic E-state index is -0.449. The summed E-state index contributed by atoms with van der Waals surface area (Å²) in [7, 11) is 0.